The van der Waals surface area contributed by atoms with Crippen molar-refractivity contribution in [3.63, 3.8) is 0 Å². The molecule has 0 spiro atoms. The number of carbonyl (C=O) groups excluding carboxylic acids is 1. The molecule has 1 saturated heterocycles. The summed E-state index contributed by atoms with van der Waals surface area (Å²) in [6, 6.07) is 10.0. The highest BCUT2D eigenvalue weighted by Gasteiger charge is 2.21. The van der Waals surface area contributed by atoms with Gasteiger partial charge in [0.2, 0.25) is 0 Å². The first-order chi connectivity index (χ1) is 12.7. The third-order valence-corrected chi connectivity index (χ3v) is 4.83. The summed E-state index contributed by atoms with van der Waals surface area (Å²) in [5.74, 6) is -0.387. The molecule has 1 aromatic rings. The Morgan fingerprint density at radius 2 is 2.15 bits per heavy atom. The fraction of sp³-hybridized carbons (Fsp3) is 0.524. The van der Waals surface area contributed by atoms with Gasteiger partial charge in [-0.25, -0.2) is 0 Å². The van der Waals surface area contributed by atoms with Crippen molar-refractivity contribution >= 4 is 11.6 Å². The van der Waals surface area contributed by atoms with Gasteiger partial charge in [-0.05, 0) is 56.2 Å². The quantitative estimate of drug-likeness (QED) is 0.552. The van der Waals surface area contributed by atoms with E-state index in [2.05, 4.69) is 12.2 Å². The van der Waals surface area contributed by atoms with Crippen molar-refractivity contribution in [1.29, 1.82) is 5.26 Å². The lowest BCUT2D eigenvalue weighted by atomic mass is 10.00. The molecule has 1 unspecified atom stereocenters. The number of benzene rings is 1. The van der Waals surface area contributed by atoms with Crippen LogP contribution in [0.5, 0.6) is 0 Å². The van der Waals surface area contributed by atoms with E-state index in [1.54, 1.807) is 6.20 Å². The normalized spacial score (nSPS) is 17.7. The SMILES string of the molecule is CCCCc1ccc(NC(=O)/C(C#N)=C\N2CCCCC2CCO)cc1. The average Bonchev–Trinajstić information content (AvgIpc) is 2.67. The molecule has 1 aliphatic rings. The van der Waals surface area contributed by atoms with Crippen molar-refractivity contribution in [3.8, 4) is 6.07 Å². The molecule has 2 N–H and O–H groups in total. The Hall–Kier alpha value is -2.32. The molecular formula is C21H29N3O2. The largest absolute Gasteiger partial charge is 0.396 e. The van der Waals surface area contributed by atoms with E-state index in [-0.39, 0.29) is 24.1 Å². The monoisotopic (exact) mass is 355 g/mol. The van der Waals surface area contributed by atoms with E-state index in [9.17, 15) is 15.2 Å². The molecule has 5 heteroatoms. The molecule has 0 saturated carbocycles. The van der Waals surface area contributed by atoms with Gasteiger partial charge in [-0.1, -0.05) is 25.5 Å². The van der Waals surface area contributed by atoms with Gasteiger partial charge >= 0.3 is 0 Å². The van der Waals surface area contributed by atoms with Crippen LogP contribution in [0.1, 0.15) is 51.0 Å². The standard InChI is InChI=1S/C21H29N3O2/c1-2-3-6-17-8-10-19(11-9-17)23-21(26)18(15-22)16-24-13-5-4-7-20(24)12-14-25/h8-11,16,20,25H,2-7,12-14H2,1H3,(H,23,26)/b18-16-. The van der Waals surface area contributed by atoms with Crippen LogP contribution in [0.25, 0.3) is 0 Å². The summed E-state index contributed by atoms with van der Waals surface area (Å²) in [5.41, 5.74) is 2.05. The second kappa shape index (κ2) is 10.6. The molecule has 0 bridgehead atoms. The van der Waals surface area contributed by atoms with Crippen LogP contribution >= 0.6 is 0 Å². The fourth-order valence-corrected chi connectivity index (χ4v) is 3.29. The van der Waals surface area contributed by atoms with Crippen molar-refractivity contribution in [2.75, 3.05) is 18.5 Å². The lowest BCUT2D eigenvalue weighted by molar-refractivity contribution is -0.112. The number of nitrogens with zero attached hydrogens (tertiary/aromatic N) is 2. The number of nitriles is 1. The van der Waals surface area contributed by atoms with E-state index in [0.717, 1.165) is 45.1 Å². The second-order valence-electron chi connectivity index (χ2n) is 6.81. The first-order valence-electron chi connectivity index (χ1n) is 9.56. The Labute approximate surface area is 156 Å². The van der Waals surface area contributed by atoms with Gasteiger partial charge in [0.15, 0.2) is 0 Å². The molecule has 0 aliphatic carbocycles. The maximum Gasteiger partial charge on any atom is 0.267 e. The predicted octanol–water partition coefficient (Wildman–Crippen LogP) is 3.61. The molecule has 140 valence electrons. The van der Waals surface area contributed by atoms with Gasteiger partial charge in [-0.2, -0.15) is 5.26 Å². The van der Waals surface area contributed by atoms with Crippen molar-refractivity contribution < 1.29 is 9.90 Å². The zero-order valence-corrected chi connectivity index (χ0v) is 15.6. The Balaban J connectivity index is 2.02. The summed E-state index contributed by atoms with van der Waals surface area (Å²) < 4.78 is 0. The highest BCUT2D eigenvalue weighted by molar-refractivity contribution is 6.06. The molecule has 1 fully saturated rings. The molecule has 1 heterocycles. The summed E-state index contributed by atoms with van der Waals surface area (Å²) in [4.78, 5) is 14.5. The number of rotatable bonds is 8. The van der Waals surface area contributed by atoms with Crippen molar-refractivity contribution in [2.24, 2.45) is 0 Å². The molecule has 2 rings (SSSR count). The molecule has 5 nitrogen and oxygen atoms in total. The topological polar surface area (TPSA) is 76.4 Å². The minimum Gasteiger partial charge on any atom is -0.396 e. The Morgan fingerprint density at radius 3 is 2.81 bits per heavy atom. The van der Waals surface area contributed by atoms with Gasteiger partial charge in [-0.3, -0.25) is 4.79 Å². The zero-order chi connectivity index (χ0) is 18.8. The van der Waals surface area contributed by atoms with E-state index in [1.165, 1.54) is 5.56 Å². The number of unbranched alkanes of at least 4 members (excludes halogenated alkanes) is 1. The Bertz CT molecular complexity index is 644. The highest BCUT2D eigenvalue weighted by Crippen LogP contribution is 2.21. The van der Waals surface area contributed by atoms with E-state index in [4.69, 9.17) is 0 Å². The van der Waals surface area contributed by atoms with Gasteiger partial charge < -0.3 is 15.3 Å². The molecule has 26 heavy (non-hydrogen) atoms. The van der Waals surface area contributed by atoms with Gasteiger partial charge in [0.25, 0.3) is 5.91 Å². The minimum atomic E-state index is -0.387. The lowest BCUT2D eigenvalue weighted by Gasteiger charge is -2.34. The molecule has 0 aromatic heterocycles. The van der Waals surface area contributed by atoms with E-state index in [0.29, 0.717) is 12.1 Å². The average molecular weight is 355 g/mol. The summed E-state index contributed by atoms with van der Waals surface area (Å²) in [7, 11) is 0. The van der Waals surface area contributed by atoms with Gasteiger partial charge in [0.05, 0.1) is 0 Å². The van der Waals surface area contributed by atoms with Crippen LogP contribution in [0.4, 0.5) is 5.69 Å². The summed E-state index contributed by atoms with van der Waals surface area (Å²) >= 11 is 0. The van der Waals surface area contributed by atoms with Crippen LogP contribution < -0.4 is 5.32 Å². The van der Waals surface area contributed by atoms with E-state index < -0.39 is 0 Å². The van der Waals surface area contributed by atoms with Gasteiger partial charge in [0, 0.05) is 31.1 Å². The van der Waals surface area contributed by atoms with Crippen LogP contribution in [0.3, 0.4) is 0 Å². The first-order valence-corrected chi connectivity index (χ1v) is 9.56. The number of nitrogens with one attached hydrogen (secondary N) is 1. The number of piperidine rings is 1. The summed E-state index contributed by atoms with van der Waals surface area (Å²) in [6.07, 6.45) is 8.80. The number of aryl methyl sites for hydroxylation is 1. The third kappa shape index (κ3) is 5.89. The molecule has 1 amide bonds. The molecule has 1 aromatic carbocycles. The number of amides is 1. The van der Waals surface area contributed by atoms with E-state index in [1.807, 2.05) is 35.2 Å². The Morgan fingerprint density at radius 1 is 1.38 bits per heavy atom. The minimum absolute atomic E-state index is 0.102. The van der Waals surface area contributed by atoms with Crippen LogP contribution in [-0.2, 0) is 11.2 Å². The van der Waals surface area contributed by atoms with Crippen LogP contribution in [-0.4, -0.2) is 35.1 Å². The molecule has 1 atom stereocenters. The number of likely N-dealkylation sites (tertiary alicyclic amines) is 1. The maximum atomic E-state index is 12.5. The highest BCUT2D eigenvalue weighted by atomic mass is 16.3. The van der Waals surface area contributed by atoms with Crippen molar-refractivity contribution in [2.45, 2.75) is 57.9 Å². The molecule has 1 aliphatic heterocycles. The van der Waals surface area contributed by atoms with Crippen molar-refractivity contribution in [3.05, 3.63) is 41.6 Å². The number of carbonyl (C=O) groups is 1. The van der Waals surface area contributed by atoms with Crippen molar-refractivity contribution in [1.82, 2.24) is 4.90 Å². The number of hydrogen-bond acceptors (Lipinski definition) is 4. The fourth-order valence-electron chi connectivity index (χ4n) is 3.29. The zero-order valence-electron chi connectivity index (χ0n) is 15.6. The lowest BCUT2D eigenvalue weighted by Crippen LogP contribution is -2.37. The van der Waals surface area contributed by atoms with Crippen LogP contribution in [0.15, 0.2) is 36.0 Å². The number of hydrogen-bond donors (Lipinski definition) is 2. The Kier molecular flexibility index (Phi) is 8.17. The molecular weight excluding hydrogens is 326 g/mol. The van der Waals surface area contributed by atoms with Crippen LogP contribution in [0.2, 0.25) is 0 Å². The smallest absolute Gasteiger partial charge is 0.267 e. The second-order valence-corrected chi connectivity index (χ2v) is 6.81. The predicted molar refractivity (Wildman–Crippen MR) is 103 cm³/mol. The first kappa shape index (κ1) is 20.0. The third-order valence-electron chi connectivity index (χ3n) is 4.83. The number of aliphatic hydroxyl groups excluding tert-OH is 1. The number of aliphatic hydroxyl groups is 1. The van der Waals surface area contributed by atoms with Gasteiger partial charge in [-0.15, -0.1) is 0 Å². The maximum absolute atomic E-state index is 12.5. The number of anilines is 1. The summed E-state index contributed by atoms with van der Waals surface area (Å²) in [5, 5.41) is 21.4. The molecule has 0 radical (unpaired) electrons. The van der Waals surface area contributed by atoms with E-state index >= 15 is 0 Å². The summed E-state index contributed by atoms with van der Waals surface area (Å²) in [6.45, 7) is 3.10. The van der Waals surface area contributed by atoms with Crippen LogP contribution in [0, 0.1) is 11.3 Å². The van der Waals surface area contributed by atoms with Gasteiger partial charge in [0.1, 0.15) is 11.6 Å².